The molecule has 0 saturated carbocycles. The molecule has 0 saturated heterocycles. The number of H-pyrrole nitrogens is 1. The van der Waals surface area contributed by atoms with Crippen LogP contribution in [-0.4, -0.2) is 40.2 Å². The molecule has 4 heterocycles. The van der Waals surface area contributed by atoms with E-state index in [2.05, 4.69) is 53.1 Å². The topological polar surface area (TPSA) is 110 Å². The molecule has 2 N–H and O–H groups in total. The molecule has 5 aromatic rings. The number of pyridine rings is 1. The molecule has 29 heavy (non-hydrogen) atoms. The number of nitrogens with zero attached hydrogens (tertiary/aromatic N) is 7. The van der Waals surface area contributed by atoms with Crippen LogP contribution in [0.25, 0.3) is 28.3 Å². The van der Waals surface area contributed by atoms with Crippen LogP contribution < -0.4 is 5.32 Å². The van der Waals surface area contributed by atoms with E-state index in [9.17, 15) is 0 Å². The molecule has 5 rings (SSSR count). The Morgan fingerprint density at radius 2 is 1.97 bits per heavy atom. The van der Waals surface area contributed by atoms with Crippen molar-refractivity contribution in [2.45, 2.75) is 13.5 Å². The van der Waals surface area contributed by atoms with Crippen molar-refractivity contribution in [2.24, 2.45) is 0 Å². The quantitative estimate of drug-likeness (QED) is 0.480. The fourth-order valence-electron chi connectivity index (χ4n) is 3.23. The van der Waals surface area contributed by atoms with Gasteiger partial charge < -0.3 is 5.32 Å². The van der Waals surface area contributed by atoms with E-state index in [-0.39, 0.29) is 0 Å². The van der Waals surface area contributed by atoms with Crippen LogP contribution in [0.4, 0.5) is 5.82 Å². The maximum atomic E-state index is 4.51. The van der Waals surface area contributed by atoms with Crippen LogP contribution in [0.5, 0.6) is 0 Å². The molecule has 0 aliphatic carbocycles. The Kier molecular flexibility index (Phi) is 4.17. The van der Waals surface area contributed by atoms with E-state index in [1.165, 1.54) is 0 Å². The Hall–Kier alpha value is -4.14. The largest absolute Gasteiger partial charge is 0.366 e. The summed E-state index contributed by atoms with van der Waals surface area (Å²) < 4.78 is 1.80. The smallest absolute Gasteiger partial charge is 0.206 e. The molecule has 0 fully saturated rings. The summed E-state index contributed by atoms with van der Waals surface area (Å²) in [5, 5.41) is 22.0. The maximum absolute atomic E-state index is 4.51. The van der Waals surface area contributed by atoms with Crippen molar-refractivity contribution in [3.05, 3.63) is 72.2 Å². The van der Waals surface area contributed by atoms with Gasteiger partial charge in [0, 0.05) is 41.7 Å². The Balaban J connectivity index is 1.38. The number of hydrogen-bond donors (Lipinski definition) is 2. The molecular weight excluding hydrogens is 366 g/mol. The molecule has 0 bridgehead atoms. The number of benzene rings is 1. The minimum atomic E-state index is 0.523. The number of hydrogen-bond acceptors (Lipinski definition) is 7. The van der Waals surface area contributed by atoms with Crippen molar-refractivity contribution in [3.8, 4) is 22.6 Å². The van der Waals surface area contributed by atoms with Gasteiger partial charge in [-0.1, -0.05) is 24.3 Å². The number of aromatic amines is 1. The highest BCUT2D eigenvalue weighted by atomic mass is 15.5. The lowest BCUT2D eigenvalue weighted by molar-refractivity contribution is 0.881. The Labute approximate surface area is 165 Å². The van der Waals surface area contributed by atoms with Gasteiger partial charge in [-0.3, -0.25) is 4.98 Å². The number of fused-ring (bicyclic) bond motifs is 1. The molecule has 0 atom stereocenters. The lowest BCUT2D eigenvalue weighted by Crippen LogP contribution is -2.06. The van der Waals surface area contributed by atoms with Crippen molar-refractivity contribution in [2.75, 3.05) is 5.32 Å². The third-order valence-electron chi connectivity index (χ3n) is 4.58. The van der Waals surface area contributed by atoms with Crippen LogP contribution in [0.15, 0.2) is 60.9 Å². The minimum absolute atomic E-state index is 0.523. The lowest BCUT2D eigenvalue weighted by atomic mass is 10.0. The summed E-state index contributed by atoms with van der Waals surface area (Å²) in [5.41, 5.74) is 5.55. The molecule has 4 aromatic heterocycles. The summed E-state index contributed by atoms with van der Waals surface area (Å²) in [4.78, 5) is 8.97. The number of aromatic nitrogens is 8. The van der Waals surface area contributed by atoms with Gasteiger partial charge in [0.1, 0.15) is 5.82 Å². The zero-order valence-corrected chi connectivity index (χ0v) is 15.6. The maximum Gasteiger partial charge on any atom is 0.206 e. The number of rotatable bonds is 5. The van der Waals surface area contributed by atoms with E-state index in [0.717, 1.165) is 39.5 Å². The summed E-state index contributed by atoms with van der Waals surface area (Å²) in [7, 11) is 0. The van der Waals surface area contributed by atoms with Gasteiger partial charge in [0.25, 0.3) is 0 Å². The Morgan fingerprint density at radius 1 is 1.07 bits per heavy atom. The Bertz CT molecular complexity index is 1260. The van der Waals surface area contributed by atoms with Gasteiger partial charge in [0.2, 0.25) is 5.82 Å². The van der Waals surface area contributed by atoms with Gasteiger partial charge >= 0.3 is 0 Å². The molecule has 9 heteroatoms. The van der Waals surface area contributed by atoms with Crippen molar-refractivity contribution in [3.63, 3.8) is 0 Å². The molecular formula is C20H17N9. The Morgan fingerprint density at radius 3 is 2.79 bits per heavy atom. The van der Waals surface area contributed by atoms with Crippen LogP contribution in [0.3, 0.4) is 0 Å². The summed E-state index contributed by atoms with van der Waals surface area (Å²) >= 11 is 0. The first-order valence-corrected chi connectivity index (χ1v) is 9.11. The van der Waals surface area contributed by atoms with Gasteiger partial charge in [-0.2, -0.15) is 14.8 Å². The molecule has 1 aromatic carbocycles. The second-order valence-corrected chi connectivity index (χ2v) is 6.57. The first-order chi connectivity index (χ1) is 14.3. The third kappa shape index (κ3) is 3.29. The molecule has 0 unspecified atom stereocenters. The molecule has 0 aliphatic rings. The lowest BCUT2D eigenvalue weighted by Gasteiger charge is -2.10. The van der Waals surface area contributed by atoms with Crippen LogP contribution in [0, 0.1) is 6.92 Å². The predicted octanol–water partition coefficient (Wildman–Crippen LogP) is 2.89. The van der Waals surface area contributed by atoms with E-state index in [0.29, 0.717) is 12.4 Å². The molecule has 0 radical (unpaired) electrons. The normalized spacial score (nSPS) is 11.1. The zero-order valence-electron chi connectivity index (χ0n) is 15.6. The zero-order chi connectivity index (χ0) is 19.6. The van der Waals surface area contributed by atoms with Gasteiger partial charge in [-0.15, -0.1) is 10.2 Å². The second kappa shape index (κ2) is 7.12. The molecule has 0 amide bonds. The van der Waals surface area contributed by atoms with Crippen LogP contribution in [0.1, 0.15) is 11.3 Å². The molecule has 9 nitrogen and oxygen atoms in total. The fourth-order valence-corrected chi connectivity index (χ4v) is 3.23. The van der Waals surface area contributed by atoms with Crippen molar-refractivity contribution in [1.82, 2.24) is 40.2 Å². The molecule has 0 spiro atoms. The number of anilines is 1. The van der Waals surface area contributed by atoms with E-state index in [1.807, 2.05) is 43.3 Å². The molecule has 142 valence electrons. The second-order valence-electron chi connectivity index (χ2n) is 6.57. The van der Waals surface area contributed by atoms with Crippen LogP contribution in [-0.2, 0) is 6.54 Å². The number of tetrazole rings is 1. The summed E-state index contributed by atoms with van der Waals surface area (Å²) in [6.45, 7) is 2.64. The van der Waals surface area contributed by atoms with E-state index >= 15 is 0 Å². The number of aryl methyl sites for hydroxylation is 1. The van der Waals surface area contributed by atoms with E-state index < -0.39 is 0 Å². The fraction of sp³-hybridized carbons (Fsp3) is 0.100. The third-order valence-corrected chi connectivity index (χ3v) is 4.58. The van der Waals surface area contributed by atoms with Gasteiger partial charge in [-0.25, -0.2) is 4.98 Å². The average Bonchev–Trinajstić information content (AvgIpc) is 3.44. The van der Waals surface area contributed by atoms with E-state index in [1.54, 1.807) is 16.9 Å². The SMILES string of the molecule is Cc1cc(NCc2ccc(-c3ncccc3-c3nn[nH]n3)cc2)n2nccc2n1. The molecule has 0 aliphatic heterocycles. The van der Waals surface area contributed by atoms with Crippen molar-refractivity contribution >= 4 is 11.5 Å². The van der Waals surface area contributed by atoms with Gasteiger partial charge in [-0.05, 0) is 29.8 Å². The minimum Gasteiger partial charge on any atom is -0.366 e. The van der Waals surface area contributed by atoms with E-state index in [4.69, 9.17) is 0 Å². The highest BCUT2D eigenvalue weighted by molar-refractivity contribution is 5.77. The first kappa shape index (κ1) is 17.0. The highest BCUT2D eigenvalue weighted by Crippen LogP contribution is 2.27. The van der Waals surface area contributed by atoms with Gasteiger partial charge in [0.05, 0.1) is 11.9 Å². The average molecular weight is 383 g/mol. The van der Waals surface area contributed by atoms with Crippen molar-refractivity contribution < 1.29 is 0 Å². The highest BCUT2D eigenvalue weighted by Gasteiger charge is 2.12. The van der Waals surface area contributed by atoms with Crippen molar-refractivity contribution in [1.29, 1.82) is 0 Å². The van der Waals surface area contributed by atoms with Crippen LogP contribution >= 0.6 is 0 Å². The summed E-state index contributed by atoms with van der Waals surface area (Å²) in [6, 6.07) is 15.9. The van der Waals surface area contributed by atoms with Crippen LogP contribution in [0.2, 0.25) is 0 Å². The summed E-state index contributed by atoms with van der Waals surface area (Å²) in [6.07, 6.45) is 3.51. The number of nitrogens with one attached hydrogen (secondary N) is 2. The predicted molar refractivity (Wildman–Crippen MR) is 108 cm³/mol. The van der Waals surface area contributed by atoms with Gasteiger partial charge in [0.15, 0.2) is 5.65 Å². The first-order valence-electron chi connectivity index (χ1n) is 9.11. The monoisotopic (exact) mass is 383 g/mol. The summed E-state index contributed by atoms with van der Waals surface area (Å²) in [5.74, 6) is 1.43. The standard InChI is InChI=1S/C20H17N9/c1-13-11-18(29-17(24-13)8-10-23-29)22-12-14-4-6-15(7-5-14)19-16(3-2-9-21-19)20-25-27-28-26-20/h2-11,22H,12H2,1H3,(H,25,26,27,28).